The highest BCUT2D eigenvalue weighted by molar-refractivity contribution is 5.30. The van der Waals surface area contributed by atoms with Crippen LogP contribution in [0.4, 0.5) is 0 Å². The first kappa shape index (κ1) is 16.2. The Bertz CT molecular complexity index is 525. The summed E-state index contributed by atoms with van der Waals surface area (Å²) in [7, 11) is 0. The van der Waals surface area contributed by atoms with Crippen molar-refractivity contribution in [2.24, 2.45) is 0 Å². The lowest BCUT2D eigenvalue weighted by Crippen LogP contribution is -2.13. The molecule has 0 fully saturated rings. The monoisotopic (exact) mass is 302 g/mol. The molecule has 1 unspecified atom stereocenters. The fraction of sp³-hybridized carbons (Fsp3) is 0.333. The molecule has 22 heavy (non-hydrogen) atoms. The van der Waals surface area contributed by atoms with E-state index in [9.17, 15) is 5.11 Å². The summed E-state index contributed by atoms with van der Waals surface area (Å²) in [4.78, 5) is 0. The zero-order valence-corrected chi connectivity index (χ0v) is 12.5. The molecule has 2 N–H and O–H groups in total. The van der Waals surface area contributed by atoms with E-state index in [4.69, 9.17) is 14.6 Å². The van der Waals surface area contributed by atoms with Gasteiger partial charge >= 0.3 is 0 Å². The van der Waals surface area contributed by atoms with E-state index in [1.807, 2.05) is 30.3 Å². The summed E-state index contributed by atoms with van der Waals surface area (Å²) in [5, 5.41) is 19.1. The quantitative estimate of drug-likeness (QED) is 0.697. The number of hydrogen-bond acceptors (Lipinski definition) is 4. The minimum Gasteiger partial charge on any atom is -0.508 e. The van der Waals surface area contributed by atoms with Gasteiger partial charge in [0.25, 0.3) is 0 Å². The van der Waals surface area contributed by atoms with E-state index in [0.29, 0.717) is 31.8 Å². The number of benzene rings is 2. The Kier molecular flexibility index (Phi) is 6.58. The molecule has 0 spiro atoms. The second-order valence-corrected chi connectivity index (χ2v) is 5.09. The van der Waals surface area contributed by atoms with Gasteiger partial charge in [-0.1, -0.05) is 18.2 Å². The van der Waals surface area contributed by atoms with E-state index in [1.165, 1.54) is 0 Å². The Morgan fingerprint density at radius 2 is 1.41 bits per heavy atom. The lowest BCUT2D eigenvalue weighted by Gasteiger charge is -2.12. The van der Waals surface area contributed by atoms with Gasteiger partial charge in [0, 0.05) is 6.42 Å². The third kappa shape index (κ3) is 6.06. The molecule has 118 valence electrons. The summed E-state index contributed by atoms with van der Waals surface area (Å²) in [6.07, 6.45) is 1.67. The first-order valence-corrected chi connectivity index (χ1v) is 7.52. The van der Waals surface area contributed by atoms with Crippen LogP contribution in [0.1, 0.15) is 19.3 Å². The van der Waals surface area contributed by atoms with Gasteiger partial charge in [0.1, 0.15) is 17.2 Å². The molecular formula is C18H22O4. The van der Waals surface area contributed by atoms with Crippen LogP contribution >= 0.6 is 0 Å². The van der Waals surface area contributed by atoms with Crippen molar-refractivity contribution >= 4 is 0 Å². The van der Waals surface area contributed by atoms with Gasteiger partial charge in [-0.15, -0.1) is 0 Å². The lowest BCUT2D eigenvalue weighted by molar-refractivity contribution is 0.122. The van der Waals surface area contributed by atoms with Gasteiger partial charge in [-0.25, -0.2) is 0 Å². The Labute approximate surface area is 130 Å². The SMILES string of the molecule is Oc1ccc(OCCC(O)CCCOc2ccccc2)cc1. The summed E-state index contributed by atoms with van der Waals surface area (Å²) in [6.45, 7) is 1.05. The predicted molar refractivity (Wildman–Crippen MR) is 85.4 cm³/mol. The molecule has 0 saturated heterocycles. The third-order valence-electron chi connectivity index (χ3n) is 3.25. The van der Waals surface area contributed by atoms with Crippen LogP contribution in [-0.4, -0.2) is 29.5 Å². The molecule has 0 aliphatic carbocycles. The van der Waals surface area contributed by atoms with E-state index < -0.39 is 6.10 Å². The predicted octanol–water partition coefficient (Wildman–Crippen LogP) is 3.38. The summed E-state index contributed by atoms with van der Waals surface area (Å²) < 4.78 is 11.1. The number of aromatic hydroxyl groups is 1. The zero-order valence-electron chi connectivity index (χ0n) is 12.5. The molecule has 0 radical (unpaired) electrons. The van der Waals surface area contributed by atoms with Crippen molar-refractivity contribution in [2.75, 3.05) is 13.2 Å². The fourth-order valence-corrected chi connectivity index (χ4v) is 2.03. The third-order valence-corrected chi connectivity index (χ3v) is 3.25. The Balaban J connectivity index is 1.54. The van der Waals surface area contributed by atoms with Crippen molar-refractivity contribution in [1.29, 1.82) is 0 Å². The minimum atomic E-state index is -0.392. The number of hydrogen-bond donors (Lipinski definition) is 2. The lowest BCUT2D eigenvalue weighted by atomic mass is 10.1. The van der Waals surface area contributed by atoms with Gasteiger partial charge in [0.05, 0.1) is 19.3 Å². The highest BCUT2D eigenvalue weighted by Gasteiger charge is 2.05. The average Bonchev–Trinajstić information content (AvgIpc) is 2.54. The van der Waals surface area contributed by atoms with Gasteiger partial charge in [-0.05, 0) is 49.2 Å². The maximum atomic E-state index is 9.89. The molecule has 0 aliphatic heterocycles. The van der Waals surface area contributed by atoms with Crippen LogP contribution in [0.2, 0.25) is 0 Å². The standard InChI is InChI=1S/C18H22O4/c19-15(5-4-13-21-17-6-2-1-3-7-17)12-14-22-18-10-8-16(20)9-11-18/h1-3,6-11,15,19-20H,4-5,12-14H2. The van der Waals surface area contributed by atoms with Crippen LogP contribution in [0.15, 0.2) is 54.6 Å². The molecule has 0 amide bonds. The van der Waals surface area contributed by atoms with Crippen LogP contribution in [0.5, 0.6) is 17.2 Å². The molecule has 0 bridgehead atoms. The Morgan fingerprint density at radius 3 is 2.14 bits per heavy atom. The maximum absolute atomic E-state index is 9.89. The number of para-hydroxylation sites is 1. The van der Waals surface area contributed by atoms with Crippen LogP contribution in [-0.2, 0) is 0 Å². The number of aliphatic hydroxyl groups excluding tert-OH is 1. The first-order chi connectivity index (χ1) is 10.7. The first-order valence-electron chi connectivity index (χ1n) is 7.52. The van der Waals surface area contributed by atoms with Crippen molar-refractivity contribution in [3.63, 3.8) is 0 Å². The topological polar surface area (TPSA) is 58.9 Å². The molecule has 2 aromatic carbocycles. The number of phenols is 1. The number of aliphatic hydroxyl groups is 1. The maximum Gasteiger partial charge on any atom is 0.119 e. The van der Waals surface area contributed by atoms with Gasteiger partial charge < -0.3 is 19.7 Å². The average molecular weight is 302 g/mol. The van der Waals surface area contributed by atoms with E-state index in [1.54, 1.807) is 24.3 Å². The molecule has 0 aliphatic rings. The number of ether oxygens (including phenoxy) is 2. The molecule has 0 heterocycles. The van der Waals surface area contributed by atoms with Gasteiger partial charge in [0.15, 0.2) is 0 Å². The Hall–Kier alpha value is -2.20. The van der Waals surface area contributed by atoms with Gasteiger partial charge in [-0.2, -0.15) is 0 Å². The molecule has 0 saturated carbocycles. The van der Waals surface area contributed by atoms with Gasteiger partial charge in [0.2, 0.25) is 0 Å². The van der Waals surface area contributed by atoms with Crippen LogP contribution in [0.3, 0.4) is 0 Å². The summed E-state index contributed by atoms with van der Waals surface area (Å²) in [5.74, 6) is 1.76. The van der Waals surface area contributed by atoms with Gasteiger partial charge in [-0.3, -0.25) is 0 Å². The molecule has 2 aromatic rings. The minimum absolute atomic E-state index is 0.214. The smallest absolute Gasteiger partial charge is 0.119 e. The summed E-state index contributed by atoms with van der Waals surface area (Å²) in [6, 6.07) is 16.2. The summed E-state index contributed by atoms with van der Waals surface area (Å²) >= 11 is 0. The van der Waals surface area contributed by atoms with Crippen LogP contribution < -0.4 is 9.47 Å². The normalized spacial score (nSPS) is 11.9. The molecule has 4 heteroatoms. The number of rotatable bonds is 9. The molecular weight excluding hydrogens is 280 g/mol. The van der Waals surface area contributed by atoms with Crippen LogP contribution in [0.25, 0.3) is 0 Å². The molecule has 4 nitrogen and oxygen atoms in total. The second-order valence-electron chi connectivity index (χ2n) is 5.09. The summed E-state index contributed by atoms with van der Waals surface area (Å²) in [5.41, 5.74) is 0. The second kappa shape index (κ2) is 8.95. The largest absolute Gasteiger partial charge is 0.508 e. The van der Waals surface area contributed by atoms with Crippen LogP contribution in [0, 0.1) is 0 Å². The molecule has 1 atom stereocenters. The van der Waals surface area contributed by atoms with Crippen molar-refractivity contribution in [3.8, 4) is 17.2 Å². The zero-order chi connectivity index (χ0) is 15.6. The van der Waals surface area contributed by atoms with E-state index in [-0.39, 0.29) is 5.75 Å². The van der Waals surface area contributed by atoms with E-state index in [0.717, 1.165) is 12.2 Å². The van der Waals surface area contributed by atoms with Crippen molar-refractivity contribution in [1.82, 2.24) is 0 Å². The highest BCUT2D eigenvalue weighted by atomic mass is 16.5. The van der Waals surface area contributed by atoms with Crippen molar-refractivity contribution in [2.45, 2.75) is 25.4 Å². The van der Waals surface area contributed by atoms with Crippen molar-refractivity contribution in [3.05, 3.63) is 54.6 Å². The highest BCUT2D eigenvalue weighted by Crippen LogP contribution is 2.16. The Morgan fingerprint density at radius 1 is 0.773 bits per heavy atom. The molecule has 0 aromatic heterocycles. The van der Waals surface area contributed by atoms with Crippen molar-refractivity contribution < 1.29 is 19.7 Å². The van der Waals surface area contributed by atoms with E-state index >= 15 is 0 Å². The number of phenolic OH excluding ortho intramolecular Hbond substituents is 1. The fourth-order valence-electron chi connectivity index (χ4n) is 2.03. The van der Waals surface area contributed by atoms with E-state index in [2.05, 4.69) is 0 Å². The molecule has 2 rings (SSSR count).